The van der Waals surface area contributed by atoms with Crippen LogP contribution in [0.15, 0.2) is 0 Å². The minimum absolute atomic E-state index is 0.0566. The summed E-state index contributed by atoms with van der Waals surface area (Å²) >= 11 is 0. The minimum Gasteiger partial charge on any atom is -0.465 e. The predicted octanol–water partition coefficient (Wildman–Crippen LogP) is -0.303. The fourth-order valence-electron chi connectivity index (χ4n) is 0.961. The quantitative estimate of drug-likeness (QED) is 0.473. The summed E-state index contributed by atoms with van der Waals surface area (Å²) in [5.74, 6) is 0. The first-order valence-corrected chi connectivity index (χ1v) is 2.93. The van der Waals surface area contributed by atoms with Gasteiger partial charge in [-0.25, -0.2) is 4.79 Å². The van der Waals surface area contributed by atoms with Gasteiger partial charge in [-0.15, -0.1) is 0 Å². The van der Waals surface area contributed by atoms with Gasteiger partial charge in [-0.05, 0) is 6.42 Å². The molecule has 0 aromatic rings. The third-order valence-electron chi connectivity index (χ3n) is 1.50. The number of hydrogen-bond acceptors (Lipinski definition) is 2. The largest absolute Gasteiger partial charge is 0.465 e. The van der Waals surface area contributed by atoms with E-state index in [0.29, 0.717) is 13.1 Å². The predicted molar refractivity (Wildman–Crippen MR) is 32.2 cm³/mol. The zero-order valence-electron chi connectivity index (χ0n) is 5.08. The molecule has 0 saturated carbocycles. The highest BCUT2D eigenvalue weighted by Gasteiger charge is 2.22. The average Bonchev–Trinajstić information content (AvgIpc) is 2.14. The number of nitrogens with zero attached hydrogens (tertiary/aromatic N) is 1. The summed E-state index contributed by atoms with van der Waals surface area (Å²) in [6, 6.07) is 0.0566. The van der Waals surface area contributed by atoms with Crippen molar-refractivity contribution in [3.05, 3.63) is 0 Å². The Bertz CT molecular complexity index is 126. The molecule has 1 saturated heterocycles. The second kappa shape index (κ2) is 2.23. The van der Waals surface area contributed by atoms with Gasteiger partial charge in [0.05, 0.1) is 0 Å². The molecule has 1 rings (SSSR count). The van der Waals surface area contributed by atoms with Gasteiger partial charge in [0.25, 0.3) is 0 Å². The van der Waals surface area contributed by atoms with E-state index in [1.165, 1.54) is 4.90 Å². The van der Waals surface area contributed by atoms with Crippen LogP contribution in [0.4, 0.5) is 4.79 Å². The van der Waals surface area contributed by atoms with Crippen molar-refractivity contribution in [2.24, 2.45) is 5.73 Å². The first-order valence-electron chi connectivity index (χ1n) is 2.93. The molecule has 0 aromatic heterocycles. The molecular weight excluding hydrogens is 120 g/mol. The van der Waals surface area contributed by atoms with Crippen LogP contribution in [0.5, 0.6) is 0 Å². The molecule has 0 unspecified atom stereocenters. The van der Waals surface area contributed by atoms with Gasteiger partial charge in [-0.1, -0.05) is 0 Å². The van der Waals surface area contributed by atoms with E-state index < -0.39 is 6.09 Å². The highest BCUT2D eigenvalue weighted by Crippen LogP contribution is 2.05. The van der Waals surface area contributed by atoms with Crippen molar-refractivity contribution in [1.82, 2.24) is 4.90 Å². The second-order valence-electron chi connectivity index (χ2n) is 2.28. The van der Waals surface area contributed by atoms with Crippen LogP contribution >= 0.6 is 0 Å². The zero-order valence-corrected chi connectivity index (χ0v) is 5.08. The summed E-state index contributed by atoms with van der Waals surface area (Å²) in [5.41, 5.74) is 5.46. The fraction of sp³-hybridized carbons (Fsp3) is 0.800. The van der Waals surface area contributed by atoms with Gasteiger partial charge in [-0.2, -0.15) is 0 Å². The molecule has 4 nitrogen and oxygen atoms in total. The standard InChI is InChI=1S/C5H10N2O2/c6-4-1-2-7(3-4)5(8)9/h4H,1-3,6H2,(H,8,9)/t4-/m1/s1. The maximum Gasteiger partial charge on any atom is 0.407 e. The summed E-state index contributed by atoms with van der Waals surface area (Å²) in [4.78, 5) is 11.6. The third kappa shape index (κ3) is 1.32. The van der Waals surface area contributed by atoms with Crippen LogP contribution in [0, 0.1) is 0 Å². The molecule has 1 heterocycles. The van der Waals surface area contributed by atoms with Gasteiger partial charge < -0.3 is 15.7 Å². The molecule has 4 heteroatoms. The second-order valence-corrected chi connectivity index (χ2v) is 2.28. The Labute approximate surface area is 53.2 Å². The number of carboxylic acid groups (broad SMARTS) is 1. The van der Waals surface area contributed by atoms with Crippen LogP contribution in [-0.4, -0.2) is 35.2 Å². The molecule has 0 radical (unpaired) electrons. The fourth-order valence-corrected chi connectivity index (χ4v) is 0.961. The number of hydrogen-bond donors (Lipinski definition) is 2. The van der Waals surface area contributed by atoms with Crippen LogP contribution in [0.25, 0.3) is 0 Å². The summed E-state index contributed by atoms with van der Waals surface area (Å²) in [5, 5.41) is 8.40. The maximum absolute atomic E-state index is 10.2. The summed E-state index contributed by atoms with van der Waals surface area (Å²) in [6.45, 7) is 1.09. The van der Waals surface area contributed by atoms with E-state index in [2.05, 4.69) is 0 Å². The molecule has 3 N–H and O–H groups in total. The monoisotopic (exact) mass is 130 g/mol. The van der Waals surface area contributed by atoms with Crippen molar-refractivity contribution in [2.75, 3.05) is 13.1 Å². The van der Waals surface area contributed by atoms with Gasteiger partial charge in [0.15, 0.2) is 0 Å². The van der Waals surface area contributed by atoms with E-state index in [1.54, 1.807) is 0 Å². The van der Waals surface area contributed by atoms with Crippen LogP contribution in [0.1, 0.15) is 6.42 Å². The SMILES string of the molecule is N[C@@H]1CCN(C(=O)O)C1. The van der Waals surface area contributed by atoms with Crippen LogP contribution < -0.4 is 5.73 Å². The van der Waals surface area contributed by atoms with Crippen LogP contribution in [0.3, 0.4) is 0 Å². The van der Waals surface area contributed by atoms with Crippen molar-refractivity contribution in [1.29, 1.82) is 0 Å². The van der Waals surface area contributed by atoms with Crippen molar-refractivity contribution in [3.8, 4) is 0 Å². The van der Waals surface area contributed by atoms with Gasteiger partial charge in [-0.3, -0.25) is 0 Å². The molecule has 0 spiro atoms. The number of likely N-dealkylation sites (tertiary alicyclic amines) is 1. The minimum atomic E-state index is -0.858. The zero-order chi connectivity index (χ0) is 6.85. The molecule has 52 valence electrons. The van der Waals surface area contributed by atoms with E-state index in [9.17, 15) is 4.79 Å². The Kier molecular flexibility index (Phi) is 1.57. The molecule has 0 aromatic carbocycles. The summed E-state index contributed by atoms with van der Waals surface area (Å²) < 4.78 is 0. The number of rotatable bonds is 0. The average molecular weight is 130 g/mol. The van der Waals surface area contributed by atoms with Crippen molar-refractivity contribution >= 4 is 6.09 Å². The maximum atomic E-state index is 10.2. The van der Waals surface area contributed by atoms with E-state index in [1.807, 2.05) is 0 Å². The van der Waals surface area contributed by atoms with Gasteiger partial charge in [0.2, 0.25) is 0 Å². The molecule has 0 aliphatic carbocycles. The van der Waals surface area contributed by atoms with Crippen LogP contribution in [-0.2, 0) is 0 Å². The Morgan fingerprint density at radius 1 is 1.78 bits per heavy atom. The van der Waals surface area contributed by atoms with E-state index in [0.717, 1.165) is 6.42 Å². The molecule has 9 heavy (non-hydrogen) atoms. The molecule has 1 amide bonds. The third-order valence-corrected chi connectivity index (χ3v) is 1.50. The Morgan fingerprint density at radius 3 is 2.67 bits per heavy atom. The molecule has 1 atom stereocenters. The topological polar surface area (TPSA) is 66.6 Å². The number of nitrogens with two attached hydrogens (primary N) is 1. The number of carbonyl (C=O) groups is 1. The lowest BCUT2D eigenvalue weighted by Crippen LogP contribution is -2.30. The smallest absolute Gasteiger partial charge is 0.407 e. The lowest BCUT2D eigenvalue weighted by molar-refractivity contribution is 0.155. The first-order chi connectivity index (χ1) is 4.20. The van der Waals surface area contributed by atoms with Crippen molar-refractivity contribution in [3.63, 3.8) is 0 Å². The normalized spacial score (nSPS) is 26.8. The molecular formula is C5H10N2O2. The molecule has 1 aliphatic rings. The molecule has 1 aliphatic heterocycles. The molecule has 1 fully saturated rings. The van der Waals surface area contributed by atoms with Gasteiger partial charge >= 0.3 is 6.09 Å². The Morgan fingerprint density at radius 2 is 2.44 bits per heavy atom. The number of amides is 1. The Hall–Kier alpha value is -0.770. The molecule has 0 bridgehead atoms. The van der Waals surface area contributed by atoms with E-state index in [4.69, 9.17) is 10.8 Å². The lowest BCUT2D eigenvalue weighted by Gasteiger charge is -2.08. The highest BCUT2D eigenvalue weighted by molar-refractivity contribution is 5.65. The van der Waals surface area contributed by atoms with Crippen molar-refractivity contribution in [2.45, 2.75) is 12.5 Å². The summed E-state index contributed by atoms with van der Waals surface area (Å²) in [6.07, 6.45) is -0.0605. The lowest BCUT2D eigenvalue weighted by atomic mass is 10.3. The van der Waals surface area contributed by atoms with E-state index in [-0.39, 0.29) is 6.04 Å². The highest BCUT2D eigenvalue weighted by atomic mass is 16.4. The van der Waals surface area contributed by atoms with E-state index >= 15 is 0 Å². The Balaban J connectivity index is 2.39. The van der Waals surface area contributed by atoms with Gasteiger partial charge in [0, 0.05) is 19.1 Å². The van der Waals surface area contributed by atoms with Crippen molar-refractivity contribution < 1.29 is 9.90 Å². The van der Waals surface area contributed by atoms with Crippen LogP contribution in [0.2, 0.25) is 0 Å². The first kappa shape index (κ1) is 6.35. The summed E-state index contributed by atoms with van der Waals surface area (Å²) in [7, 11) is 0. The van der Waals surface area contributed by atoms with Gasteiger partial charge in [0.1, 0.15) is 0 Å².